The number of nitrogens with zero attached hydrogens (tertiary/aromatic N) is 1. The minimum atomic E-state index is -4.62. The van der Waals surface area contributed by atoms with E-state index in [0.717, 1.165) is 53.8 Å². The minimum Gasteiger partial charge on any atom is -0.507 e. The molecule has 36 heavy (non-hydrogen) atoms. The first-order chi connectivity index (χ1) is 17.1. The molecule has 0 radical (unpaired) electrons. The zero-order valence-corrected chi connectivity index (χ0v) is 19.6. The highest BCUT2D eigenvalue weighted by molar-refractivity contribution is 6.51. The van der Waals surface area contributed by atoms with Crippen LogP contribution in [0.4, 0.5) is 18.9 Å². The van der Waals surface area contributed by atoms with Gasteiger partial charge in [-0.05, 0) is 73.6 Å². The molecule has 0 aromatic heterocycles. The number of carbonyl (C=O) groups excluding carboxylic acids is 2. The van der Waals surface area contributed by atoms with Crippen molar-refractivity contribution < 1.29 is 27.9 Å². The van der Waals surface area contributed by atoms with Crippen LogP contribution in [-0.4, -0.2) is 16.8 Å². The Morgan fingerprint density at radius 3 is 2.36 bits per heavy atom. The Morgan fingerprint density at radius 2 is 1.64 bits per heavy atom. The maximum Gasteiger partial charge on any atom is 0.416 e. The van der Waals surface area contributed by atoms with Gasteiger partial charge in [0.2, 0.25) is 0 Å². The molecule has 2 aliphatic rings. The first kappa shape index (κ1) is 23.9. The Hall–Kier alpha value is -3.87. The highest BCUT2D eigenvalue weighted by Crippen LogP contribution is 2.43. The van der Waals surface area contributed by atoms with Crippen LogP contribution in [0.1, 0.15) is 52.3 Å². The number of carbonyl (C=O) groups is 2. The van der Waals surface area contributed by atoms with Crippen LogP contribution < -0.4 is 4.90 Å². The molecule has 4 nitrogen and oxygen atoms in total. The van der Waals surface area contributed by atoms with Gasteiger partial charge in [0, 0.05) is 11.3 Å². The Morgan fingerprint density at radius 1 is 0.917 bits per heavy atom. The van der Waals surface area contributed by atoms with E-state index in [4.69, 9.17) is 0 Å². The van der Waals surface area contributed by atoms with Crippen molar-refractivity contribution in [2.45, 2.75) is 44.8 Å². The largest absolute Gasteiger partial charge is 0.507 e. The molecule has 1 unspecified atom stereocenters. The molecule has 184 valence electrons. The van der Waals surface area contributed by atoms with Crippen molar-refractivity contribution >= 4 is 23.1 Å². The van der Waals surface area contributed by atoms with Crippen LogP contribution in [-0.2, 0) is 28.6 Å². The number of rotatable bonds is 3. The van der Waals surface area contributed by atoms with Crippen LogP contribution in [0.5, 0.6) is 0 Å². The molecular weight excluding hydrogens is 467 g/mol. The molecule has 1 amide bonds. The fourth-order valence-electron chi connectivity index (χ4n) is 5.12. The van der Waals surface area contributed by atoms with E-state index >= 15 is 0 Å². The quantitative estimate of drug-likeness (QED) is 0.258. The van der Waals surface area contributed by atoms with Gasteiger partial charge >= 0.3 is 6.18 Å². The Labute approximate surface area is 206 Å². The van der Waals surface area contributed by atoms with E-state index in [-0.39, 0.29) is 17.0 Å². The predicted octanol–water partition coefficient (Wildman–Crippen LogP) is 6.52. The molecule has 1 saturated heterocycles. The van der Waals surface area contributed by atoms with Gasteiger partial charge in [-0.2, -0.15) is 13.2 Å². The van der Waals surface area contributed by atoms with E-state index in [1.165, 1.54) is 17.7 Å². The average Bonchev–Trinajstić information content (AvgIpc) is 3.13. The Bertz CT molecular complexity index is 1410. The second kappa shape index (κ2) is 8.97. The third kappa shape index (κ3) is 4.19. The first-order valence-electron chi connectivity index (χ1n) is 11.8. The van der Waals surface area contributed by atoms with Gasteiger partial charge in [0.25, 0.3) is 11.7 Å². The number of Topliss-reactive ketones (excluding diaryl/α,β-unsaturated/α-hetero) is 1. The number of benzene rings is 3. The van der Waals surface area contributed by atoms with Crippen molar-refractivity contribution in [2.24, 2.45) is 0 Å². The third-order valence-corrected chi connectivity index (χ3v) is 6.88. The van der Waals surface area contributed by atoms with Gasteiger partial charge in [0.15, 0.2) is 0 Å². The van der Waals surface area contributed by atoms with Crippen molar-refractivity contribution in [3.8, 4) is 0 Å². The summed E-state index contributed by atoms with van der Waals surface area (Å²) < 4.78 is 40.3. The summed E-state index contributed by atoms with van der Waals surface area (Å²) in [6.07, 6.45) is -0.699. The van der Waals surface area contributed by atoms with Crippen molar-refractivity contribution in [1.29, 1.82) is 0 Å². The maximum absolute atomic E-state index is 13.4. The molecule has 3 aromatic rings. The standard InChI is InChI=1S/C29H24F3NO3/c1-17-6-4-9-20(14-17)25-24(26(34)21-13-12-18-7-2-3-8-19(18)15-21)27(35)28(36)33(25)23-11-5-10-22(16-23)29(30,31)32/h4-6,9-16,25,34H,2-3,7-8H2,1H3/b26-24-. The fraction of sp³-hybridized carbons (Fsp3) is 0.241. The number of alkyl halides is 3. The zero-order chi connectivity index (χ0) is 25.6. The number of aliphatic hydroxyl groups excluding tert-OH is 1. The maximum atomic E-state index is 13.4. The van der Waals surface area contributed by atoms with Crippen molar-refractivity contribution in [2.75, 3.05) is 4.90 Å². The minimum absolute atomic E-state index is 0.0667. The molecule has 1 heterocycles. The second-order valence-electron chi connectivity index (χ2n) is 9.32. The number of ketones is 1. The molecule has 1 N–H and O–H groups in total. The predicted molar refractivity (Wildman–Crippen MR) is 130 cm³/mol. The van der Waals surface area contributed by atoms with Gasteiger partial charge in [-0.25, -0.2) is 0 Å². The number of hydrogen-bond acceptors (Lipinski definition) is 3. The van der Waals surface area contributed by atoms with E-state index in [0.29, 0.717) is 11.1 Å². The fourth-order valence-corrected chi connectivity index (χ4v) is 5.12. The van der Waals surface area contributed by atoms with Gasteiger partial charge in [-0.1, -0.05) is 48.0 Å². The smallest absolute Gasteiger partial charge is 0.416 e. The van der Waals surface area contributed by atoms with Gasteiger partial charge in [-0.3, -0.25) is 14.5 Å². The summed E-state index contributed by atoms with van der Waals surface area (Å²) in [6.45, 7) is 1.84. The van der Waals surface area contributed by atoms with E-state index in [9.17, 15) is 27.9 Å². The first-order valence-corrected chi connectivity index (χ1v) is 11.8. The summed E-state index contributed by atoms with van der Waals surface area (Å²) >= 11 is 0. The van der Waals surface area contributed by atoms with Crippen LogP contribution in [0.2, 0.25) is 0 Å². The molecule has 0 spiro atoms. The van der Waals surface area contributed by atoms with Crippen LogP contribution in [0.15, 0.2) is 72.3 Å². The normalized spacial score (nSPS) is 19.4. The Balaban J connectivity index is 1.70. The molecule has 0 bridgehead atoms. The van der Waals surface area contributed by atoms with E-state index in [1.807, 2.05) is 25.1 Å². The summed E-state index contributed by atoms with van der Waals surface area (Å²) in [5.74, 6) is -2.25. The number of aryl methyl sites for hydroxylation is 3. The van der Waals surface area contributed by atoms with Crippen LogP contribution in [0, 0.1) is 6.92 Å². The topological polar surface area (TPSA) is 57.6 Å². The molecule has 1 fully saturated rings. The molecular formula is C29H24F3NO3. The highest BCUT2D eigenvalue weighted by Gasteiger charge is 2.47. The van der Waals surface area contributed by atoms with E-state index in [1.54, 1.807) is 24.3 Å². The molecule has 1 aliphatic heterocycles. The lowest BCUT2D eigenvalue weighted by atomic mass is 9.88. The molecule has 0 saturated carbocycles. The number of hydrogen-bond donors (Lipinski definition) is 1. The van der Waals surface area contributed by atoms with E-state index < -0.39 is 29.5 Å². The third-order valence-electron chi connectivity index (χ3n) is 6.88. The summed E-state index contributed by atoms with van der Waals surface area (Å²) in [5, 5.41) is 11.4. The lowest BCUT2D eigenvalue weighted by Crippen LogP contribution is -2.29. The number of fused-ring (bicyclic) bond motifs is 1. The SMILES string of the molecule is Cc1cccc(C2/C(=C(/O)c3ccc4c(c3)CCCC4)C(=O)C(=O)N2c2cccc(C(F)(F)F)c2)c1. The lowest BCUT2D eigenvalue weighted by Gasteiger charge is -2.26. The van der Waals surface area contributed by atoms with Crippen molar-refractivity contribution in [3.05, 3.63) is 106 Å². The van der Waals surface area contributed by atoms with Gasteiger partial charge in [0.1, 0.15) is 5.76 Å². The summed E-state index contributed by atoms with van der Waals surface area (Å²) in [6, 6.07) is 15.8. The lowest BCUT2D eigenvalue weighted by molar-refractivity contribution is -0.137. The molecule has 5 rings (SSSR count). The van der Waals surface area contributed by atoms with Gasteiger partial charge in [0.05, 0.1) is 17.2 Å². The highest BCUT2D eigenvalue weighted by atomic mass is 19.4. The molecule has 1 atom stereocenters. The summed E-state index contributed by atoms with van der Waals surface area (Å²) in [7, 11) is 0. The van der Waals surface area contributed by atoms with Crippen LogP contribution >= 0.6 is 0 Å². The van der Waals surface area contributed by atoms with Crippen molar-refractivity contribution in [3.63, 3.8) is 0 Å². The number of aliphatic hydroxyl groups is 1. The molecule has 7 heteroatoms. The van der Waals surface area contributed by atoms with Crippen molar-refractivity contribution in [1.82, 2.24) is 0 Å². The summed E-state index contributed by atoms with van der Waals surface area (Å²) in [4.78, 5) is 27.6. The van der Waals surface area contributed by atoms with Gasteiger partial charge in [-0.15, -0.1) is 0 Å². The van der Waals surface area contributed by atoms with Crippen LogP contribution in [0.25, 0.3) is 5.76 Å². The van der Waals surface area contributed by atoms with Gasteiger partial charge < -0.3 is 5.11 Å². The van der Waals surface area contributed by atoms with E-state index in [2.05, 4.69) is 0 Å². The monoisotopic (exact) mass is 491 g/mol. The number of halogens is 3. The second-order valence-corrected chi connectivity index (χ2v) is 9.32. The van der Waals surface area contributed by atoms with Crippen LogP contribution in [0.3, 0.4) is 0 Å². The summed E-state index contributed by atoms with van der Waals surface area (Å²) in [5.41, 5.74) is 2.92. The Kier molecular flexibility index (Phi) is 5.94. The number of anilines is 1. The number of amides is 1. The average molecular weight is 492 g/mol. The molecule has 3 aromatic carbocycles. The molecule has 1 aliphatic carbocycles. The zero-order valence-electron chi connectivity index (χ0n) is 19.6.